The van der Waals surface area contributed by atoms with E-state index in [9.17, 15) is 25.4 Å². The van der Waals surface area contributed by atoms with Gasteiger partial charge in [0.2, 0.25) is 16.7 Å². The number of nitro groups is 2. The number of pyridine rings is 1. The Labute approximate surface area is 119 Å². The zero-order chi connectivity index (χ0) is 15.8. The Kier molecular flexibility index (Phi) is 3.46. The summed E-state index contributed by atoms with van der Waals surface area (Å²) in [5, 5.41) is 34.6. The van der Waals surface area contributed by atoms with Crippen LogP contribution < -0.4 is 4.73 Å². The normalized spacial score (nSPS) is 11.5. The third-order valence-electron chi connectivity index (χ3n) is 3.27. The first-order valence-corrected chi connectivity index (χ1v) is 6.17. The molecule has 8 heteroatoms. The minimum atomic E-state index is -1.39. The first-order chi connectivity index (χ1) is 9.74. The van der Waals surface area contributed by atoms with Crippen molar-refractivity contribution in [1.82, 2.24) is 0 Å². The summed E-state index contributed by atoms with van der Waals surface area (Å²) in [6.45, 7) is 2.74. The van der Waals surface area contributed by atoms with Gasteiger partial charge in [0, 0.05) is 24.8 Å². The Hall–Kier alpha value is -2.77. The molecule has 110 valence electrons. The number of benzene rings is 1. The Morgan fingerprint density at radius 2 is 1.81 bits per heavy atom. The van der Waals surface area contributed by atoms with Gasteiger partial charge in [-0.25, -0.2) is 0 Å². The third kappa shape index (κ3) is 2.60. The lowest BCUT2D eigenvalue weighted by Crippen LogP contribution is -2.41. The molecule has 0 aliphatic rings. The number of para-hydroxylation sites is 1. The van der Waals surface area contributed by atoms with Gasteiger partial charge in [0.15, 0.2) is 0 Å². The van der Waals surface area contributed by atoms with Gasteiger partial charge in [0.25, 0.3) is 5.69 Å². The number of rotatable bonds is 4. The maximum absolute atomic E-state index is 12.3. The van der Waals surface area contributed by atoms with Crippen LogP contribution in [0.3, 0.4) is 0 Å². The fourth-order valence-corrected chi connectivity index (χ4v) is 2.10. The molecule has 1 aromatic carbocycles. The van der Waals surface area contributed by atoms with E-state index >= 15 is 0 Å². The Morgan fingerprint density at radius 1 is 1.19 bits per heavy atom. The van der Waals surface area contributed by atoms with Gasteiger partial charge in [-0.3, -0.25) is 20.2 Å². The van der Waals surface area contributed by atoms with E-state index < -0.39 is 15.4 Å². The van der Waals surface area contributed by atoms with Gasteiger partial charge in [-0.15, -0.1) is 0 Å². The smallest absolute Gasteiger partial charge is 0.289 e. The van der Waals surface area contributed by atoms with Crippen LogP contribution in [0, 0.1) is 25.4 Å². The Morgan fingerprint density at radius 3 is 2.38 bits per heavy atom. The highest BCUT2D eigenvalue weighted by Gasteiger charge is 2.36. The van der Waals surface area contributed by atoms with Gasteiger partial charge in [0.05, 0.1) is 11.0 Å². The molecule has 0 aliphatic heterocycles. The van der Waals surface area contributed by atoms with Crippen molar-refractivity contribution in [3.63, 3.8) is 0 Å². The lowest BCUT2D eigenvalue weighted by atomic mass is 9.98. The number of fused-ring (bicyclic) bond motifs is 1. The van der Waals surface area contributed by atoms with E-state index in [0.717, 1.165) is 6.07 Å². The van der Waals surface area contributed by atoms with Crippen molar-refractivity contribution in [2.24, 2.45) is 0 Å². The number of hydrogen-bond acceptors (Lipinski definition) is 5. The second-order valence-electron chi connectivity index (χ2n) is 5.34. The molecule has 0 unspecified atom stereocenters. The standard InChI is InChI=1S/C13H13N3O5/c1-13(2,16(20)21)8-9-7-12(15(18)19)10-5-3-4-6-11(10)14(9)17/h3-7H,8H2,1-2H3. The maximum Gasteiger partial charge on any atom is 0.289 e. The molecule has 1 aromatic heterocycles. The minimum Gasteiger partial charge on any atom is -0.618 e. The van der Waals surface area contributed by atoms with Crippen molar-refractivity contribution in [3.8, 4) is 0 Å². The van der Waals surface area contributed by atoms with Crippen LogP contribution >= 0.6 is 0 Å². The summed E-state index contributed by atoms with van der Waals surface area (Å²) in [6, 6.07) is 7.22. The molecule has 8 nitrogen and oxygen atoms in total. The zero-order valence-corrected chi connectivity index (χ0v) is 11.5. The Bertz CT molecular complexity index is 742. The summed E-state index contributed by atoms with van der Waals surface area (Å²) >= 11 is 0. The molecule has 0 saturated carbocycles. The van der Waals surface area contributed by atoms with Crippen LogP contribution in [0.4, 0.5) is 5.69 Å². The minimum absolute atomic E-state index is 0.00194. The Balaban J connectivity index is 2.68. The van der Waals surface area contributed by atoms with E-state index in [1.807, 2.05) is 0 Å². The molecule has 0 fully saturated rings. The number of hydrogen-bond donors (Lipinski definition) is 0. The van der Waals surface area contributed by atoms with Gasteiger partial charge in [0.1, 0.15) is 11.8 Å². The fraction of sp³-hybridized carbons (Fsp3) is 0.308. The molecule has 0 saturated heterocycles. The summed E-state index contributed by atoms with van der Waals surface area (Å²) in [5.41, 5.74) is -1.49. The van der Waals surface area contributed by atoms with E-state index in [2.05, 4.69) is 0 Å². The van der Waals surface area contributed by atoms with E-state index in [4.69, 9.17) is 0 Å². The highest BCUT2D eigenvalue weighted by atomic mass is 16.6. The SMILES string of the molecule is CC(C)(Cc1cc([N+](=O)[O-])c2ccccc2[n+]1[O-])[N+](=O)[O-]. The molecular weight excluding hydrogens is 278 g/mol. The van der Waals surface area contributed by atoms with Crippen molar-refractivity contribution in [3.05, 3.63) is 61.5 Å². The molecule has 2 aromatic rings. The molecule has 1 heterocycles. The van der Waals surface area contributed by atoms with Crippen molar-refractivity contribution < 1.29 is 14.6 Å². The number of aromatic nitrogens is 1. The predicted octanol–water partition coefficient (Wildman–Crippen LogP) is 1.98. The molecule has 0 bridgehead atoms. The lowest BCUT2D eigenvalue weighted by Gasteiger charge is -2.15. The lowest BCUT2D eigenvalue weighted by molar-refractivity contribution is -0.601. The van der Waals surface area contributed by atoms with Gasteiger partial charge >= 0.3 is 0 Å². The molecular formula is C13H13N3O5. The second-order valence-corrected chi connectivity index (χ2v) is 5.34. The molecule has 2 rings (SSSR count). The van der Waals surface area contributed by atoms with E-state index in [-0.39, 0.29) is 28.7 Å². The summed E-state index contributed by atoms with van der Waals surface area (Å²) in [5.74, 6) is 0. The molecule has 0 amide bonds. The summed E-state index contributed by atoms with van der Waals surface area (Å²) in [7, 11) is 0. The van der Waals surface area contributed by atoms with Crippen molar-refractivity contribution >= 4 is 16.6 Å². The van der Waals surface area contributed by atoms with Crippen LogP contribution in [0.15, 0.2) is 30.3 Å². The van der Waals surface area contributed by atoms with Crippen LogP contribution in [0.1, 0.15) is 19.5 Å². The quantitative estimate of drug-likeness (QED) is 0.370. The topological polar surface area (TPSA) is 113 Å². The summed E-state index contributed by atoms with van der Waals surface area (Å²) in [6.07, 6.45) is -0.199. The summed E-state index contributed by atoms with van der Waals surface area (Å²) in [4.78, 5) is 21.0. The van der Waals surface area contributed by atoms with Crippen LogP contribution in [0.5, 0.6) is 0 Å². The molecule has 0 aliphatic carbocycles. The van der Waals surface area contributed by atoms with E-state index in [1.54, 1.807) is 12.1 Å². The van der Waals surface area contributed by atoms with Crippen LogP contribution in [0.2, 0.25) is 0 Å². The third-order valence-corrected chi connectivity index (χ3v) is 3.27. The van der Waals surface area contributed by atoms with Crippen LogP contribution in [-0.4, -0.2) is 15.4 Å². The van der Waals surface area contributed by atoms with Crippen LogP contribution in [-0.2, 0) is 6.42 Å². The molecule has 0 radical (unpaired) electrons. The van der Waals surface area contributed by atoms with E-state index in [1.165, 1.54) is 26.0 Å². The number of nitrogens with zero attached hydrogens (tertiary/aromatic N) is 3. The van der Waals surface area contributed by atoms with Gasteiger partial charge < -0.3 is 5.21 Å². The predicted molar refractivity (Wildman–Crippen MR) is 74.3 cm³/mol. The average molecular weight is 291 g/mol. The molecule has 0 spiro atoms. The highest BCUT2D eigenvalue weighted by Crippen LogP contribution is 2.25. The van der Waals surface area contributed by atoms with Gasteiger partial charge in [-0.2, -0.15) is 4.73 Å². The van der Waals surface area contributed by atoms with Crippen LogP contribution in [0.25, 0.3) is 10.9 Å². The van der Waals surface area contributed by atoms with Gasteiger partial charge in [-0.1, -0.05) is 12.1 Å². The molecule has 0 atom stereocenters. The maximum atomic E-state index is 12.3. The van der Waals surface area contributed by atoms with Crippen molar-refractivity contribution in [2.45, 2.75) is 25.8 Å². The summed E-state index contributed by atoms with van der Waals surface area (Å²) < 4.78 is 0.521. The monoisotopic (exact) mass is 291 g/mol. The first kappa shape index (κ1) is 14.6. The average Bonchev–Trinajstić information content (AvgIpc) is 2.41. The zero-order valence-electron chi connectivity index (χ0n) is 11.5. The van der Waals surface area contributed by atoms with Crippen molar-refractivity contribution in [2.75, 3.05) is 0 Å². The van der Waals surface area contributed by atoms with Crippen molar-refractivity contribution in [1.29, 1.82) is 0 Å². The second kappa shape index (κ2) is 4.97. The molecule has 0 N–H and O–H groups in total. The largest absolute Gasteiger partial charge is 0.618 e. The fourth-order valence-electron chi connectivity index (χ4n) is 2.10. The first-order valence-electron chi connectivity index (χ1n) is 6.17. The highest BCUT2D eigenvalue weighted by molar-refractivity contribution is 5.85. The molecule has 21 heavy (non-hydrogen) atoms. The van der Waals surface area contributed by atoms with E-state index in [0.29, 0.717) is 4.73 Å². The van der Waals surface area contributed by atoms with Gasteiger partial charge in [-0.05, 0) is 6.07 Å².